The van der Waals surface area contributed by atoms with Crippen LogP contribution in [0.1, 0.15) is 30.4 Å². The van der Waals surface area contributed by atoms with Gasteiger partial charge in [0.1, 0.15) is 38.0 Å². The summed E-state index contributed by atoms with van der Waals surface area (Å²) in [5, 5.41) is 9.91. The fourth-order valence-corrected chi connectivity index (χ4v) is 6.68. The molecule has 0 atom stereocenters. The molecule has 1 aliphatic carbocycles. The SMILES string of the molecule is O=C(OCCOCCO[N+](=O)[O-])N1CCC(c2ccc(OCCOc3c(Cl)cc(F)cc3Cl)cc2)=C(C(=O)N(Cc2cc3c(cc2Cl)OCO3)C2CC2)C1. The molecule has 0 saturated heterocycles. The molecule has 1 saturated carbocycles. The number of carbonyl (C=O) groups is 2. The molecule has 0 radical (unpaired) electrons. The van der Waals surface area contributed by atoms with E-state index in [9.17, 15) is 24.1 Å². The molecule has 2 amide bonds. The third-order valence-electron chi connectivity index (χ3n) is 8.63. The second-order valence-electron chi connectivity index (χ2n) is 12.3. The molecule has 3 aliphatic rings. The Hall–Kier alpha value is -4.70. The van der Waals surface area contributed by atoms with Crippen LogP contribution in [-0.4, -0.2) is 92.5 Å². The Morgan fingerprint density at radius 3 is 2.30 bits per heavy atom. The first-order valence-corrected chi connectivity index (χ1v) is 18.1. The van der Waals surface area contributed by atoms with Crippen LogP contribution in [0.3, 0.4) is 0 Å². The normalized spacial score (nSPS) is 14.9. The van der Waals surface area contributed by atoms with Gasteiger partial charge in [0.25, 0.3) is 11.0 Å². The summed E-state index contributed by atoms with van der Waals surface area (Å²) in [7, 11) is 0. The number of ether oxygens (including phenoxy) is 6. The molecule has 54 heavy (non-hydrogen) atoms. The Kier molecular flexibility index (Phi) is 13.1. The average molecular weight is 811 g/mol. The monoisotopic (exact) mass is 809 g/mol. The number of benzene rings is 3. The topological polar surface area (TPSA) is 148 Å². The molecule has 0 aromatic heterocycles. The first-order valence-electron chi connectivity index (χ1n) is 17.0. The highest BCUT2D eigenvalue weighted by molar-refractivity contribution is 6.37. The lowest BCUT2D eigenvalue weighted by Gasteiger charge is -2.33. The predicted molar refractivity (Wildman–Crippen MR) is 193 cm³/mol. The van der Waals surface area contributed by atoms with Gasteiger partial charge in [0.05, 0.1) is 29.8 Å². The molecular formula is C36H35Cl3FN3O11. The van der Waals surface area contributed by atoms with Gasteiger partial charge in [-0.2, -0.15) is 0 Å². The van der Waals surface area contributed by atoms with Crippen LogP contribution in [0.5, 0.6) is 23.0 Å². The number of halogens is 4. The molecule has 6 rings (SSSR count). The molecule has 0 unspecified atom stereocenters. The quantitative estimate of drug-likeness (QED) is 0.0790. The van der Waals surface area contributed by atoms with Gasteiger partial charge in [-0.25, -0.2) is 9.18 Å². The van der Waals surface area contributed by atoms with Crippen LogP contribution >= 0.6 is 34.8 Å². The Labute approximate surface area is 324 Å². The first-order chi connectivity index (χ1) is 26.1. The van der Waals surface area contributed by atoms with Crippen molar-refractivity contribution in [3.05, 3.63) is 96.2 Å². The number of carbonyl (C=O) groups excluding carboxylic acids is 2. The van der Waals surface area contributed by atoms with Crippen LogP contribution in [0.4, 0.5) is 9.18 Å². The smallest absolute Gasteiger partial charge is 0.410 e. The highest BCUT2D eigenvalue weighted by atomic mass is 35.5. The number of hydrogen-bond donors (Lipinski definition) is 0. The number of nitrogens with zero attached hydrogens (tertiary/aromatic N) is 3. The predicted octanol–water partition coefficient (Wildman–Crippen LogP) is 6.98. The van der Waals surface area contributed by atoms with Crippen molar-refractivity contribution in [2.75, 3.05) is 59.5 Å². The zero-order chi connectivity index (χ0) is 38.2. The van der Waals surface area contributed by atoms with E-state index >= 15 is 0 Å². The van der Waals surface area contributed by atoms with Gasteiger partial charge in [0.2, 0.25) is 6.79 Å². The zero-order valence-electron chi connectivity index (χ0n) is 28.7. The minimum atomic E-state index is -0.917. The van der Waals surface area contributed by atoms with Gasteiger partial charge in [-0.1, -0.05) is 46.9 Å². The van der Waals surface area contributed by atoms with E-state index in [1.54, 1.807) is 29.2 Å². The summed E-state index contributed by atoms with van der Waals surface area (Å²) in [6, 6.07) is 12.9. The van der Waals surface area contributed by atoms with Crippen molar-refractivity contribution >= 4 is 52.4 Å². The van der Waals surface area contributed by atoms with Crippen LogP contribution in [0.2, 0.25) is 15.1 Å². The van der Waals surface area contributed by atoms with Gasteiger partial charge in [0, 0.05) is 35.8 Å². The standard InChI is InChI=1S/C36H35Cl3FN3O11/c37-29-18-33-32(52-21-53-33)15-23(29)19-42(25-3-4-25)35(44)28-20-41(36(45)51-11-9-48-10-14-54-43(46)47)8-7-27(28)22-1-5-26(6-2-22)49-12-13-50-34-30(38)16-24(40)17-31(34)39/h1-2,5-6,15-18,25H,3-4,7-14,19-21H2. The molecule has 288 valence electrons. The molecule has 3 aromatic carbocycles. The Morgan fingerprint density at radius 2 is 1.59 bits per heavy atom. The van der Waals surface area contributed by atoms with Crippen molar-refractivity contribution in [3.63, 3.8) is 0 Å². The summed E-state index contributed by atoms with van der Waals surface area (Å²) in [4.78, 5) is 45.4. The van der Waals surface area contributed by atoms with Crippen molar-refractivity contribution in [2.24, 2.45) is 0 Å². The Balaban J connectivity index is 1.15. The third kappa shape index (κ3) is 10.1. The maximum absolute atomic E-state index is 14.5. The van der Waals surface area contributed by atoms with Crippen molar-refractivity contribution in [3.8, 4) is 23.0 Å². The van der Waals surface area contributed by atoms with Crippen LogP contribution < -0.4 is 18.9 Å². The van der Waals surface area contributed by atoms with E-state index in [-0.39, 0.29) is 93.8 Å². The van der Waals surface area contributed by atoms with Gasteiger partial charge < -0.3 is 43.1 Å². The molecule has 0 N–H and O–H groups in total. The fourth-order valence-electron chi connectivity index (χ4n) is 5.90. The highest BCUT2D eigenvalue weighted by Crippen LogP contribution is 2.40. The lowest BCUT2D eigenvalue weighted by molar-refractivity contribution is -0.758. The molecule has 0 bridgehead atoms. The summed E-state index contributed by atoms with van der Waals surface area (Å²) < 4.78 is 46.6. The van der Waals surface area contributed by atoms with Crippen molar-refractivity contribution < 1.29 is 52.3 Å². The van der Waals surface area contributed by atoms with Crippen LogP contribution in [0, 0.1) is 15.9 Å². The minimum Gasteiger partial charge on any atom is -0.490 e. The van der Waals surface area contributed by atoms with E-state index in [0.717, 1.165) is 36.1 Å². The maximum atomic E-state index is 14.5. The molecule has 14 nitrogen and oxygen atoms in total. The molecule has 0 spiro atoms. The van der Waals surface area contributed by atoms with Gasteiger partial charge in [-0.15, -0.1) is 10.1 Å². The van der Waals surface area contributed by atoms with Crippen molar-refractivity contribution in [2.45, 2.75) is 31.8 Å². The minimum absolute atomic E-state index is 0.00722. The number of hydrogen-bond acceptors (Lipinski definition) is 11. The lowest BCUT2D eigenvalue weighted by Crippen LogP contribution is -2.43. The molecule has 3 aromatic rings. The van der Waals surface area contributed by atoms with Crippen LogP contribution in [-0.2, 0) is 25.7 Å². The van der Waals surface area contributed by atoms with E-state index < -0.39 is 17.0 Å². The highest BCUT2D eigenvalue weighted by Gasteiger charge is 2.38. The van der Waals surface area contributed by atoms with Crippen LogP contribution in [0.15, 0.2) is 54.1 Å². The fraction of sp³-hybridized carbons (Fsp3) is 0.389. The summed E-state index contributed by atoms with van der Waals surface area (Å²) in [5.41, 5.74) is 2.69. The van der Waals surface area contributed by atoms with E-state index in [0.29, 0.717) is 39.8 Å². The largest absolute Gasteiger partial charge is 0.490 e. The van der Waals surface area contributed by atoms with E-state index in [1.807, 2.05) is 12.1 Å². The van der Waals surface area contributed by atoms with Crippen molar-refractivity contribution in [1.82, 2.24) is 9.80 Å². The average Bonchev–Trinajstić information content (AvgIpc) is 3.89. The Bertz CT molecular complexity index is 1870. The maximum Gasteiger partial charge on any atom is 0.410 e. The van der Waals surface area contributed by atoms with E-state index in [1.165, 1.54) is 4.90 Å². The second-order valence-corrected chi connectivity index (χ2v) is 13.5. The summed E-state index contributed by atoms with van der Waals surface area (Å²) in [6.07, 6.45) is 1.38. The Morgan fingerprint density at radius 1 is 0.907 bits per heavy atom. The zero-order valence-corrected chi connectivity index (χ0v) is 31.0. The molecule has 1 fully saturated rings. The van der Waals surface area contributed by atoms with Gasteiger partial charge in [0.15, 0.2) is 17.2 Å². The number of rotatable bonds is 17. The van der Waals surface area contributed by atoms with E-state index in [2.05, 4.69) is 4.84 Å². The number of fused-ring (bicyclic) bond motifs is 1. The first kappa shape index (κ1) is 39.0. The third-order valence-corrected chi connectivity index (χ3v) is 9.55. The number of amides is 2. The van der Waals surface area contributed by atoms with Gasteiger partial charge >= 0.3 is 6.09 Å². The molecule has 18 heteroatoms. The molecule has 2 aliphatic heterocycles. The van der Waals surface area contributed by atoms with Gasteiger partial charge in [-0.05, 0) is 66.3 Å². The van der Waals surface area contributed by atoms with Crippen molar-refractivity contribution in [1.29, 1.82) is 0 Å². The summed E-state index contributed by atoms with van der Waals surface area (Å²) in [5.74, 6) is 0.983. The van der Waals surface area contributed by atoms with Gasteiger partial charge in [-0.3, -0.25) is 4.79 Å². The lowest BCUT2D eigenvalue weighted by atomic mass is 9.92. The second kappa shape index (κ2) is 18.1. The summed E-state index contributed by atoms with van der Waals surface area (Å²) in [6.45, 7) is 0.437. The molecule has 2 heterocycles. The summed E-state index contributed by atoms with van der Waals surface area (Å²) >= 11 is 18.7. The molecular weight excluding hydrogens is 776 g/mol. The van der Waals surface area contributed by atoms with E-state index in [4.69, 9.17) is 63.2 Å². The van der Waals surface area contributed by atoms with Crippen LogP contribution in [0.25, 0.3) is 5.57 Å².